The van der Waals surface area contributed by atoms with Gasteiger partial charge >= 0.3 is 5.97 Å². The number of carbonyl (C=O) groups is 1. The minimum Gasteiger partial charge on any atom is -0.477 e. The third-order valence-electron chi connectivity index (χ3n) is 2.23. The average molecular weight is 284 g/mol. The van der Waals surface area contributed by atoms with Crippen LogP contribution in [0.15, 0.2) is 28.5 Å². The van der Waals surface area contributed by atoms with Crippen molar-refractivity contribution in [3.63, 3.8) is 0 Å². The predicted molar refractivity (Wildman–Crippen MR) is 74.5 cm³/mol. The first kappa shape index (κ1) is 12.7. The minimum atomic E-state index is -0.841. The van der Waals surface area contributed by atoms with Gasteiger partial charge in [-0.3, -0.25) is 0 Å². The molecule has 2 aromatic rings. The van der Waals surface area contributed by atoms with Crippen LogP contribution in [0.4, 0.5) is 0 Å². The molecule has 2 aromatic heterocycles. The Balaban J connectivity index is 1.94. The average Bonchev–Trinajstić information content (AvgIpc) is 2.95. The smallest absolute Gasteiger partial charge is 0.345 e. The highest BCUT2D eigenvalue weighted by Crippen LogP contribution is 2.30. The number of hydrogen-bond acceptors (Lipinski definition) is 4. The van der Waals surface area contributed by atoms with Crippen LogP contribution >= 0.6 is 34.4 Å². The SMILES string of the molecule is CCc1ccc(CSc2csc(C(=O)O)c2)s1. The molecule has 5 heteroatoms. The summed E-state index contributed by atoms with van der Waals surface area (Å²) in [6.45, 7) is 2.15. The molecule has 1 N–H and O–H groups in total. The second kappa shape index (κ2) is 5.71. The lowest BCUT2D eigenvalue weighted by Gasteiger charge is -1.94. The summed E-state index contributed by atoms with van der Waals surface area (Å²) in [5, 5.41) is 10.7. The molecular formula is C12H12O2S3. The van der Waals surface area contributed by atoms with Crippen LogP contribution in [-0.4, -0.2) is 11.1 Å². The van der Waals surface area contributed by atoms with E-state index in [9.17, 15) is 4.79 Å². The Morgan fingerprint density at radius 3 is 2.76 bits per heavy atom. The summed E-state index contributed by atoms with van der Waals surface area (Å²) in [5.74, 6) is 0.0757. The maximum atomic E-state index is 10.7. The summed E-state index contributed by atoms with van der Waals surface area (Å²) in [5.41, 5.74) is 0. The molecule has 17 heavy (non-hydrogen) atoms. The molecule has 90 valence electrons. The van der Waals surface area contributed by atoms with E-state index in [1.807, 2.05) is 16.7 Å². The minimum absolute atomic E-state index is 0.410. The number of thioether (sulfide) groups is 1. The highest BCUT2D eigenvalue weighted by Gasteiger charge is 2.07. The summed E-state index contributed by atoms with van der Waals surface area (Å²) < 4.78 is 0. The zero-order chi connectivity index (χ0) is 12.3. The first-order valence-electron chi connectivity index (χ1n) is 5.21. The van der Waals surface area contributed by atoms with Crippen LogP contribution in [0.3, 0.4) is 0 Å². The summed E-state index contributed by atoms with van der Waals surface area (Å²) in [6, 6.07) is 6.06. The molecule has 0 saturated carbocycles. The lowest BCUT2D eigenvalue weighted by atomic mass is 10.4. The van der Waals surface area contributed by atoms with Crippen molar-refractivity contribution in [3.05, 3.63) is 38.2 Å². The van der Waals surface area contributed by atoms with Crippen LogP contribution in [0, 0.1) is 0 Å². The summed E-state index contributed by atoms with van der Waals surface area (Å²) in [7, 11) is 0. The van der Waals surface area contributed by atoms with Crippen LogP contribution in [-0.2, 0) is 12.2 Å². The molecule has 0 radical (unpaired) electrons. The van der Waals surface area contributed by atoms with Gasteiger partial charge in [0.1, 0.15) is 4.88 Å². The van der Waals surface area contributed by atoms with Gasteiger partial charge in [0.25, 0.3) is 0 Å². The molecular weight excluding hydrogens is 272 g/mol. The molecule has 0 fully saturated rings. The molecule has 0 amide bonds. The monoisotopic (exact) mass is 284 g/mol. The van der Waals surface area contributed by atoms with Crippen LogP contribution < -0.4 is 0 Å². The molecule has 2 nitrogen and oxygen atoms in total. The normalized spacial score (nSPS) is 10.6. The molecule has 0 aliphatic heterocycles. The quantitative estimate of drug-likeness (QED) is 0.829. The van der Waals surface area contributed by atoms with Gasteiger partial charge < -0.3 is 5.11 Å². The van der Waals surface area contributed by atoms with Crippen molar-refractivity contribution in [3.8, 4) is 0 Å². The largest absolute Gasteiger partial charge is 0.477 e. The number of aromatic carboxylic acids is 1. The van der Waals surface area contributed by atoms with E-state index in [1.165, 1.54) is 21.1 Å². The number of carboxylic acid groups (broad SMARTS) is 1. The summed E-state index contributed by atoms with van der Waals surface area (Å²) >= 11 is 4.81. The molecule has 0 spiro atoms. The van der Waals surface area contributed by atoms with Gasteiger partial charge in [-0.25, -0.2) is 4.79 Å². The summed E-state index contributed by atoms with van der Waals surface area (Å²) in [6.07, 6.45) is 1.08. The van der Waals surface area contributed by atoms with Crippen LogP contribution in [0.2, 0.25) is 0 Å². The number of hydrogen-bond donors (Lipinski definition) is 1. The molecule has 0 saturated heterocycles. The van der Waals surface area contributed by atoms with Gasteiger partial charge in [-0.2, -0.15) is 0 Å². The fraction of sp³-hybridized carbons (Fsp3) is 0.250. The van der Waals surface area contributed by atoms with E-state index in [0.29, 0.717) is 4.88 Å². The van der Waals surface area contributed by atoms with E-state index in [-0.39, 0.29) is 0 Å². The fourth-order valence-electron chi connectivity index (χ4n) is 1.35. The van der Waals surface area contributed by atoms with Gasteiger partial charge in [-0.05, 0) is 24.6 Å². The van der Waals surface area contributed by atoms with Crippen molar-refractivity contribution in [2.24, 2.45) is 0 Å². The second-order valence-corrected chi connectivity index (χ2v) is 6.67. The predicted octanol–water partition coefficient (Wildman–Crippen LogP) is 4.36. The van der Waals surface area contributed by atoms with E-state index < -0.39 is 5.97 Å². The van der Waals surface area contributed by atoms with Gasteiger partial charge in [-0.15, -0.1) is 34.4 Å². The number of carboxylic acids is 1. The van der Waals surface area contributed by atoms with Gasteiger partial charge in [0.2, 0.25) is 0 Å². The van der Waals surface area contributed by atoms with Crippen molar-refractivity contribution < 1.29 is 9.90 Å². The van der Waals surface area contributed by atoms with Crippen molar-refractivity contribution in [1.82, 2.24) is 0 Å². The molecule has 0 aromatic carbocycles. The third kappa shape index (κ3) is 3.34. The zero-order valence-electron chi connectivity index (χ0n) is 9.30. The zero-order valence-corrected chi connectivity index (χ0v) is 11.8. The van der Waals surface area contributed by atoms with E-state index in [0.717, 1.165) is 17.1 Å². The topological polar surface area (TPSA) is 37.3 Å². The molecule has 0 bridgehead atoms. The number of aryl methyl sites for hydroxylation is 1. The van der Waals surface area contributed by atoms with Crippen LogP contribution in [0.1, 0.15) is 26.3 Å². The van der Waals surface area contributed by atoms with Gasteiger partial charge in [-0.1, -0.05) is 6.92 Å². The van der Waals surface area contributed by atoms with Crippen LogP contribution in [0.25, 0.3) is 0 Å². The van der Waals surface area contributed by atoms with Crippen molar-refractivity contribution in [2.75, 3.05) is 0 Å². The standard InChI is InChI=1S/C12H12O2S3/c1-2-8-3-4-9(17-8)6-15-10-5-11(12(13)14)16-7-10/h3-5,7H,2,6H2,1H3,(H,13,14). The Labute approximate surface area is 112 Å². The van der Waals surface area contributed by atoms with E-state index in [4.69, 9.17) is 5.11 Å². The highest BCUT2D eigenvalue weighted by molar-refractivity contribution is 7.98. The van der Waals surface area contributed by atoms with Crippen molar-refractivity contribution in [2.45, 2.75) is 24.0 Å². The molecule has 0 aliphatic carbocycles. The molecule has 0 unspecified atom stereocenters. The maximum absolute atomic E-state index is 10.7. The Morgan fingerprint density at radius 1 is 1.41 bits per heavy atom. The Hall–Kier alpha value is -0.780. The van der Waals surface area contributed by atoms with Crippen molar-refractivity contribution in [1.29, 1.82) is 0 Å². The fourth-order valence-corrected chi connectivity index (χ4v) is 4.22. The van der Waals surface area contributed by atoms with Crippen LogP contribution in [0.5, 0.6) is 0 Å². The Kier molecular flexibility index (Phi) is 4.25. The Bertz CT molecular complexity index is 513. The molecule has 2 rings (SSSR count). The van der Waals surface area contributed by atoms with Gasteiger partial charge in [0, 0.05) is 25.8 Å². The summed E-state index contributed by atoms with van der Waals surface area (Å²) in [4.78, 5) is 14.9. The van der Waals surface area contributed by atoms with Gasteiger partial charge in [0.15, 0.2) is 0 Å². The molecule has 0 atom stereocenters. The highest BCUT2D eigenvalue weighted by atomic mass is 32.2. The van der Waals surface area contributed by atoms with E-state index in [1.54, 1.807) is 17.8 Å². The lowest BCUT2D eigenvalue weighted by Crippen LogP contribution is -1.89. The maximum Gasteiger partial charge on any atom is 0.345 e. The Morgan fingerprint density at radius 2 is 2.18 bits per heavy atom. The van der Waals surface area contributed by atoms with Crippen molar-refractivity contribution >= 4 is 40.4 Å². The first-order valence-corrected chi connectivity index (χ1v) is 7.89. The van der Waals surface area contributed by atoms with E-state index >= 15 is 0 Å². The van der Waals surface area contributed by atoms with Gasteiger partial charge in [0.05, 0.1) is 0 Å². The van der Waals surface area contributed by atoms with E-state index in [2.05, 4.69) is 19.1 Å². The third-order valence-corrected chi connectivity index (χ3v) is 5.74. The first-order chi connectivity index (χ1) is 8.19. The number of rotatable bonds is 5. The number of thiophene rings is 2. The molecule has 0 aliphatic rings. The second-order valence-electron chi connectivity index (χ2n) is 3.46. The molecule has 2 heterocycles. The lowest BCUT2D eigenvalue weighted by molar-refractivity contribution is 0.0702.